The van der Waals surface area contributed by atoms with Gasteiger partial charge < -0.3 is 20.7 Å². The van der Waals surface area contributed by atoms with E-state index in [4.69, 9.17) is 4.74 Å². The molecule has 3 N–H and O–H groups in total. The molecule has 0 aliphatic heterocycles. The largest absolute Gasteiger partial charge is 0.495 e. The van der Waals surface area contributed by atoms with Crippen LogP contribution in [0, 0.1) is 5.41 Å². The molecule has 0 radical (unpaired) electrons. The number of nitrogens with one attached hydrogen (secondary N) is 3. The molecule has 3 rings (SSSR count). The van der Waals surface area contributed by atoms with Crippen LogP contribution in [-0.4, -0.2) is 41.2 Å². The van der Waals surface area contributed by atoms with Gasteiger partial charge in [-0.3, -0.25) is 4.79 Å². The van der Waals surface area contributed by atoms with Gasteiger partial charge in [-0.15, -0.1) is 0 Å². The lowest BCUT2D eigenvalue weighted by Crippen LogP contribution is -2.33. The minimum Gasteiger partial charge on any atom is -0.495 e. The summed E-state index contributed by atoms with van der Waals surface area (Å²) in [7, 11) is 3.42. The van der Waals surface area contributed by atoms with E-state index in [1.807, 2.05) is 30.3 Å². The number of methoxy groups -OCH3 is 1. The normalized spacial score (nSPS) is 11.3. The molecule has 2 heterocycles. The molecular formula is C21H28N6O2. The molecule has 1 amide bonds. The fourth-order valence-corrected chi connectivity index (χ4v) is 2.79. The number of carbonyl (C=O) groups is 1. The Kier molecular flexibility index (Phi) is 5.91. The van der Waals surface area contributed by atoms with E-state index >= 15 is 0 Å². The number of hydrogen-bond donors (Lipinski definition) is 3. The fourth-order valence-electron chi connectivity index (χ4n) is 2.79. The van der Waals surface area contributed by atoms with Crippen molar-refractivity contribution in [3.8, 4) is 5.75 Å². The van der Waals surface area contributed by atoms with E-state index in [0.717, 1.165) is 12.1 Å². The summed E-state index contributed by atoms with van der Waals surface area (Å²) in [5.41, 5.74) is 1.71. The Bertz CT molecular complexity index is 1010. The van der Waals surface area contributed by atoms with E-state index in [1.165, 1.54) is 0 Å². The highest BCUT2D eigenvalue weighted by Crippen LogP contribution is 2.28. The molecule has 0 aliphatic rings. The maximum Gasteiger partial charge on any atom is 0.256 e. The number of fused-ring (bicyclic) bond motifs is 1. The molecular weight excluding hydrogens is 368 g/mol. The first-order chi connectivity index (χ1) is 13.9. The third-order valence-electron chi connectivity index (χ3n) is 5.03. The molecule has 8 nitrogen and oxygen atoms in total. The third kappa shape index (κ3) is 4.42. The van der Waals surface area contributed by atoms with Crippen LogP contribution in [-0.2, 0) is 0 Å². The summed E-state index contributed by atoms with van der Waals surface area (Å²) in [5, 5.41) is 13.7. The topological polar surface area (TPSA) is 92.6 Å². The molecule has 0 spiro atoms. The van der Waals surface area contributed by atoms with Gasteiger partial charge in [0.25, 0.3) is 5.91 Å². The van der Waals surface area contributed by atoms with Crippen LogP contribution in [0.3, 0.4) is 0 Å². The predicted octanol–water partition coefficient (Wildman–Crippen LogP) is 3.69. The van der Waals surface area contributed by atoms with Gasteiger partial charge in [0.1, 0.15) is 22.9 Å². The first-order valence-corrected chi connectivity index (χ1v) is 9.63. The van der Waals surface area contributed by atoms with Crippen molar-refractivity contribution in [1.82, 2.24) is 19.9 Å². The SMILES string of the molecule is CCC(C)(C)CNC(=O)c1cnn2c(NC)cc(Nc3ccccc3OC)nc12. The molecule has 2 aromatic heterocycles. The summed E-state index contributed by atoms with van der Waals surface area (Å²) in [5.74, 6) is 1.80. The number of rotatable bonds is 8. The second-order valence-corrected chi connectivity index (χ2v) is 7.60. The molecule has 0 saturated heterocycles. The first-order valence-electron chi connectivity index (χ1n) is 9.63. The van der Waals surface area contributed by atoms with Gasteiger partial charge in [-0.2, -0.15) is 9.61 Å². The number of amides is 1. The van der Waals surface area contributed by atoms with Crippen LogP contribution in [0.15, 0.2) is 36.5 Å². The number of benzene rings is 1. The molecule has 0 bridgehead atoms. The maximum absolute atomic E-state index is 12.8. The summed E-state index contributed by atoms with van der Waals surface area (Å²) in [6.07, 6.45) is 2.52. The number of ether oxygens (including phenoxy) is 1. The summed E-state index contributed by atoms with van der Waals surface area (Å²) in [6.45, 7) is 6.93. The zero-order valence-corrected chi connectivity index (χ0v) is 17.5. The molecule has 8 heteroatoms. The molecule has 29 heavy (non-hydrogen) atoms. The maximum atomic E-state index is 12.8. The molecule has 0 atom stereocenters. The van der Waals surface area contributed by atoms with Crippen LogP contribution in [0.5, 0.6) is 5.75 Å². The van der Waals surface area contributed by atoms with Gasteiger partial charge in [-0.1, -0.05) is 32.9 Å². The monoisotopic (exact) mass is 396 g/mol. The Morgan fingerprint density at radius 2 is 2.03 bits per heavy atom. The molecule has 0 unspecified atom stereocenters. The highest BCUT2D eigenvalue weighted by Gasteiger charge is 2.21. The number of anilines is 3. The fraction of sp³-hybridized carbons (Fsp3) is 0.381. The van der Waals surface area contributed by atoms with Crippen LogP contribution in [0.1, 0.15) is 37.6 Å². The van der Waals surface area contributed by atoms with E-state index in [9.17, 15) is 4.79 Å². The lowest BCUT2D eigenvalue weighted by molar-refractivity contribution is 0.0937. The molecule has 0 aliphatic carbocycles. The Balaban J connectivity index is 1.95. The Hall–Kier alpha value is -3.29. The Morgan fingerprint density at radius 1 is 1.28 bits per heavy atom. The van der Waals surface area contributed by atoms with E-state index in [1.54, 1.807) is 24.9 Å². The second-order valence-electron chi connectivity index (χ2n) is 7.60. The van der Waals surface area contributed by atoms with Crippen molar-refractivity contribution in [2.24, 2.45) is 5.41 Å². The van der Waals surface area contributed by atoms with Crippen molar-refractivity contribution >= 4 is 28.9 Å². The quantitative estimate of drug-likeness (QED) is 0.538. The van der Waals surface area contributed by atoms with Crippen molar-refractivity contribution in [3.63, 3.8) is 0 Å². The smallest absolute Gasteiger partial charge is 0.256 e. The number of carbonyl (C=O) groups excluding carboxylic acids is 1. The molecule has 0 fully saturated rings. The van der Waals surface area contributed by atoms with Gasteiger partial charge >= 0.3 is 0 Å². The van der Waals surface area contributed by atoms with Gasteiger partial charge in [0.15, 0.2) is 5.65 Å². The van der Waals surface area contributed by atoms with Crippen molar-refractivity contribution in [1.29, 1.82) is 0 Å². The van der Waals surface area contributed by atoms with Gasteiger partial charge in [0.2, 0.25) is 0 Å². The number of para-hydroxylation sites is 2. The van der Waals surface area contributed by atoms with Crippen LogP contribution < -0.4 is 20.7 Å². The van der Waals surface area contributed by atoms with Gasteiger partial charge in [0.05, 0.1) is 19.0 Å². The lowest BCUT2D eigenvalue weighted by atomic mass is 9.90. The first kappa shape index (κ1) is 20.4. The van der Waals surface area contributed by atoms with Crippen LogP contribution >= 0.6 is 0 Å². The van der Waals surface area contributed by atoms with Crippen molar-refractivity contribution in [2.75, 3.05) is 31.3 Å². The molecule has 0 saturated carbocycles. The number of nitrogens with zero attached hydrogens (tertiary/aromatic N) is 3. The summed E-state index contributed by atoms with van der Waals surface area (Å²) < 4.78 is 7.01. The van der Waals surface area contributed by atoms with E-state index in [2.05, 4.69) is 46.8 Å². The summed E-state index contributed by atoms with van der Waals surface area (Å²) in [4.78, 5) is 17.4. The van der Waals surface area contributed by atoms with Crippen molar-refractivity contribution in [3.05, 3.63) is 42.1 Å². The summed E-state index contributed by atoms with van der Waals surface area (Å²) in [6, 6.07) is 9.41. The summed E-state index contributed by atoms with van der Waals surface area (Å²) >= 11 is 0. The van der Waals surface area contributed by atoms with Gasteiger partial charge in [-0.25, -0.2) is 4.98 Å². The Labute approximate surface area is 170 Å². The molecule has 1 aromatic carbocycles. The van der Waals surface area contributed by atoms with Crippen LogP contribution in [0.25, 0.3) is 5.65 Å². The van der Waals surface area contributed by atoms with Crippen LogP contribution in [0.2, 0.25) is 0 Å². The lowest BCUT2D eigenvalue weighted by Gasteiger charge is -2.22. The molecule has 3 aromatic rings. The predicted molar refractivity (Wildman–Crippen MR) is 115 cm³/mol. The standard InChI is InChI=1S/C21H28N6O2/c1-6-21(2,3)13-23-20(28)14-12-24-27-18(22-4)11-17(26-19(14)27)25-15-9-7-8-10-16(15)29-5/h7-12,22H,6,13H2,1-5H3,(H,23,28)(H,25,26). The van der Waals surface area contributed by atoms with Gasteiger partial charge in [-0.05, 0) is 24.0 Å². The Morgan fingerprint density at radius 3 is 2.72 bits per heavy atom. The van der Waals surface area contributed by atoms with Gasteiger partial charge in [0, 0.05) is 19.7 Å². The average Bonchev–Trinajstić information content (AvgIpc) is 3.16. The zero-order chi connectivity index (χ0) is 21.0. The van der Waals surface area contributed by atoms with E-state index < -0.39 is 0 Å². The highest BCUT2D eigenvalue weighted by atomic mass is 16.5. The minimum atomic E-state index is -0.189. The minimum absolute atomic E-state index is 0.0266. The average molecular weight is 396 g/mol. The van der Waals surface area contributed by atoms with Crippen molar-refractivity contribution < 1.29 is 9.53 Å². The number of hydrogen-bond acceptors (Lipinski definition) is 6. The van der Waals surface area contributed by atoms with Crippen LogP contribution in [0.4, 0.5) is 17.3 Å². The van der Waals surface area contributed by atoms with Crippen molar-refractivity contribution in [2.45, 2.75) is 27.2 Å². The second kappa shape index (κ2) is 8.38. The highest BCUT2D eigenvalue weighted by molar-refractivity contribution is 6.00. The molecule has 154 valence electrons. The third-order valence-corrected chi connectivity index (χ3v) is 5.03. The van der Waals surface area contributed by atoms with E-state index in [-0.39, 0.29) is 11.3 Å². The van der Waals surface area contributed by atoms with E-state index in [0.29, 0.717) is 35.1 Å². The zero-order valence-electron chi connectivity index (χ0n) is 17.5. The number of aromatic nitrogens is 3.